The zero-order chi connectivity index (χ0) is 57.7. The van der Waals surface area contributed by atoms with E-state index in [4.69, 9.17) is 18.5 Å². The lowest BCUT2D eigenvalue weighted by Crippen LogP contribution is -2.37. The Morgan fingerprint density at radius 3 is 1.08 bits per heavy atom. The van der Waals surface area contributed by atoms with Crippen molar-refractivity contribution in [3.05, 3.63) is 134 Å². The van der Waals surface area contributed by atoms with Gasteiger partial charge in [0.15, 0.2) is 6.10 Å². The van der Waals surface area contributed by atoms with E-state index < -0.39 is 26.5 Å². The molecule has 450 valence electrons. The molecule has 0 amide bonds. The third-order valence-electron chi connectivity index (χ3n) is 12.9. The number of allylic oxidation sites excluding steroid dienone is 22. The average Bonchev–Trinajstić information content (AvgIpc) is 3.41. The van der Waals surface area contributed by atoms with E-state index in [9.17, 15) is 19.0 Å². The monoisotopic (exact) mass is 1120 g/mol. The zero-order valence-electron chi connectivity index (χ0n) is 51.1. The van der Waals surface area contributed by atoms with Crippen molar-refractivity contribution in [3.63, 3.8) is 0 Å². The predicted octanol–water partition coefficient (Wildman–Crippen LogP) is 20.1. The third kappa shape index (κ3) is 63.2. The van der Waals surface area contributed by atoms with Crippen LogP contribution in [0.4, 0.5) is 0 Å². The van der Waals surface area contributed by atoms with Gasteiger partial charge in [-0.05, 0) is 116 Å². The van der Waals surface area contributed by atoms with Crippen molar-refractivity contribution in [2.45, 2.75) is 245 Å². The largest absolute Gasteiger partial charge is 0.472 e. The van der Waals surface area contributed by atoms with Crippen molar-refractivity contribution in [2.75, 3.05) is 47.5 Å². The van der Waals surface area contributed by atoms with Gasteiger partial charge in [-0.3, -0.25) is 18.6 Å². The first-order valence-electron chi connectivity index (χ1n) is 31.4. The van der Waals surface area contributed by atoms with Gasteiger partial charge in [-0.2, -0.15) is 0 Å². The maximum absolute atomic E-state index is 12.8. The van der Waals surface area contributed by atoms with E-state index >= 15 is 0 Å². The molecule has 0 heterocycles. The van der Waals surface area contributed by atoms with E-state index in [1.807, 2.05) is 21.1 Å². The van der Waals surface area contributed by atoms with Crippen LogP contribution in [-0.2, 0) is 32.7 Å². The molecule has 0 aromatic rings. The summed E-state index contributed by atoms with van der Waals surface area (Å²) in [6.45, 7) is 4.27. The molecular weight excluding hydrogens is 1000 g/mol. The van der Waals surface area contributed by atoms with Crippen molar-refractivity contribution < 1.29 is 42.1 Å². The molecular formula is C69H117NO8P+. The standard InChI is InChI=1S/C69H116NO8P/c1-6-8-10-12-14-16-18-20-22-24-25-26-27-28-29-30-31-32-33-34-35-36-37-38-39-40-41-42-43-44-45-46-48-50-52-54-56-58-60-62-69(72)78-67(66-77-79(73,74)76-64-63-70(3,4)5)65-75-68(71)61-59-57-55-53-51-49-47-23-21-19-17-15-13-11-9-7-2/h8,10,14,16-17,19-20,22-23,25-26,28-29,31-32,34-35,37-38,40-41,47,67H,6-7,9,11-13,15,18,21,24,27,30,33,36,39,42-46,48-66H2,1-5H3/p+1/b10-8-,16-14-,19-17-,22-20-,26-25-,29-28-,32-31-,35-34-,38-37-,41-40-,47-23-. The molecule has 0 fully saturated rings. The maximum atomic E-state index is 12.8. The molecule has 0 spiro atoms. The molecule has 0 aliphatic heterocycles. The summed E-state index contributed by atoms with van der Waals surface area (Å²) in [5.74, 6) is -0.822. The van der Waals surface area contributed by atoms with Gasteiger partial charge in [0.1, 0.15) is 19.8 Å². The Morgan fingerprint density at radius 1 is 0.405 bits per heavy atom. The molecule has 0 aliphatic rings. The molecule has 2 atom stereocenters. The number of hydrogen-bond donors (Lipinski definition) is 1. The lowest BCUT2D eigenvalue weighted by molar-refractivity contribution is -0.870. The predicted molar refractivity (Wildman–Crippen MR) is 339 cm³/mol. The summed E-state index contributed by atoms with van der Waals surface area (Å²) in [6, 6.07) is 0. The molecule has 0 saturated heterocycles. The van der Waals surface area contributed by atoms with Crippen LogP contribution in [0.15, 0.2) is 134 Å². The number of likely N-dealkylation sites (N-methyl/N-ethyl adjacent to an activating group) is 1. The van der Waals surface area contributed by atoms with Crippen LogP contribution in [0.5, 0.6) is 0 Å². The molecule has 0 saturated carbocycles. The van der Waals surface area contributed by atoms with Gasteiger partial charge in [0, 0.05) is 12.8 Å². The molecule has 0 aliphatic carbocycles. The Labute approximate surface area is 485 Å². The van der Waals surface area contributed by atoms with E-state index in [1.54, 1.807) is 0 Å². The minimum Gasteiger partial charge on any atom is -0.462 e. The molecule has 10 heteroatoms. The third-order valence-corrected chi connectivity index (χ3v) is 13.9. The molecule has 2 unspecified atom stereocenters. The minimum atomic E-state index is -4.40. The zero-order valence-corrected chi connectivity index (χ0v) is 52.0. The number of phosphoric acid groups is 1. The lowest BCUT2D eigenvalue weighted by atomic mass is 10.0. The van der Waals surface area contributed by atoms with Gasteiger partial charge in [-0.25, -0.2) is 4.57 Å². The number of nitrogens with zero attached hydrogens (tertiary/aromatic N) is 1. The van der Waals surface area contributed by atoms with Crippen LogP contribution in [0, 0.1) is 0 Å². The highest BCUT2D eigenvalue weighted by Crippen LogP contribution is 2.43. The Bertz CT molecular complexity index is 1790. The highest BCUT2D eigenvalue weighted by atomic mass is 31.2. The van der Waals surface area contributed by atoms with Gasteiger partial charge in [0.2, 0.25) is 0 Å². The van der Waals surface area contributed by atoms with Crippen molar-refractivity contribution in [1.29, 1.82) is 0 Å². The van der Waals surface area contributed by atoms with Gasteiger partial charge < -0.3 is 18.9 Å². The van der Waals surface area contributed by atoms with Crippen molar-refractivity contribution in [3.8, 4) is 0 Å². The SMILES string of the molecule is CC/C=C\C/C=C\C/C=C\C/C=C\C/C=C\C/C=C\C/C=C\C/C=C\C/C=C\CCCCCCCCCCCCCC(=O)OC(COC(=O)CCCCCCC/C=C\C/C=C\CCCCCC)COP(=O)(O)OCC[N+](C)(C)C. The Morgan fingerprint density at radius 2 is 0.722 bits per heavy atom. The second kappa shape index (κ2) is 58.8. The first-order valence-corrected chi connectivity index (χ1v) is 32.9. The Balaban J connectivity index is 4.10. The molecule has 0 aromatic heterocycles. The smallest absolute Gasteiger partial charge is 0.462 e. The second-order valence-corrected chi connectivity index (χ2v) is 23.2. The van der Waals surface area contributed by atoms with E-state index in [-0.39, 0.29) is 32.0 Å². The number of ether oxygens (including phenoxy) is 2. The molecule has 0 radical (unpaired) electrons. The fraction of sp³-hybridized carbons (Fsp3) is 0.652. The van der Waals surface area contributed by atoms with Crippen LogP contribution >= 0.6 is 7.82 Å². The van der Waals surface area contributed by atoms with Crippen LogP contribution in [0.3, 0.4) is 0 Å². The number of carbonyl (C=O) groups is 2. The fourth-order valence-electron chi connectivity index (χ4n) is 8.10. The summed E-state index contributed by atoms with van der Waals surface area (Å²) in [5, 5.41) is 0. The number of unbranched alkanes of at least 4 members (excludes halogenated alkanes) is 20. The highest BCUT2D eigenvalue weighted by Gasteiger charge is 2.27. The first kappa shape index (κ1) is 75.2. The van der Waals surface area contributed by atoms with Crippen LogP contribution in [0.1, 0.15) is 239 Å². The molecule has 0 aromatic carbocycles. The van der Waals surface area contributed by atoms with E-state index in [0.717, 1.165) is 128 Å². The van der Waals surface area contributed by atoms with E-state index in [0.29, 0.717) is 17.4 Å². The van der Waals surface area contributed by atoms with Gasteiger partial charge in [0.25, 0.3) is 0 Å². The molecule has 79 heavy (non-hydrogen) atoms. The summed E-state index contributed by atoms with van der Waals surface area (Å²) in [7, 11) is 1.45. The van der Waals surface area contributed by atoms with Gasteiger partial charge in [-0.1, -0.05) is 244 Å². The summed E-state index contributed by atoms with van der Waals surface area (Å²) < 4.78 is 34.6. The summed E-state index contributed by atoms with van der Waals surface area (Å²) in [6.07, 6.45) is 85.3. The summed E-state index contributed by atoms with van der Waals surface area (Å²) in [5.41, 5.74) is 0. The van der Waals surface area contributed by atoms with Crippen LogP contribution < -0.4 is 0 Å². The van der Waals surface area contributed by atoms with E-state index in [2.05, 4.69) is 148 Å². The average molecular weight is 1120 g/mol. The summed E-state index contributed by atoms with van der Waals surface area (Å²) in [4.78, 5) is 35.7. The number of quaternary nitrogens is 1. The van der Waals surface area contributed by atoms with Crippen LogP contribution in [0.2, 0.25) is 0 Å². The second-order valence-electron chi connectivity index (χ2n) is 21.7. The highest BCUT2D eigenvalue weighted by molar-refractivity contribution is 7.47. The number of esters is 2. The molecule has 0 bridgehead atoms. The topological polar surface area (TPSA) is 108 Å². The van der Waals surface area contributed by atoms with Crippen molar-refractivity contribution in [2.24, 2.45) is 0 Å². The van der Waals surface area contributed by atoms with Crippen molar-refractivity contribution >= 4 is 19.8 Å². The lowest BCUT2D eigenvalue weighted by Gasteiger charge is -2.24. The molecule has 1 N–H and O–H groups in total. The minimum absolute atomic E-state index is 0.0229. The van der Waals surface area contributed by atoms with Crippen LogP contribution in [0.25, 0.3) is 0 Å². The molecule has 0 rings (SSSR count). The van der Waals surface area contributed by atoms with Gasteiger partial charge in [-0.15, -0.1) is 0 Å². The number of hydrogen-bond acceptors (Lipinski definition) is 7. The van der Waals surface area contributed by atoms with Gasteiger partial charge >= 0.3 is 19.8 Å². The number of rotatable bonds is 56. The van der Waals surface area contributed by atoms with Gasteiger partial charge in [0.05, 0.1) is 27.7 Å². The number of phosphoric ester groups is 1. The quantitative estimate of drug-likeness (QED) is 0.0211. The normalized spacial score (nSPS) is 14.2. The van der Waals surface area contributed by atoms with Crippen molar-refractivity contribution in [1.82, 2.24) is 0 Å². The number of carbonyl (C=O) groups excluding carboxylic acids is 2. The van der Waals surface area contributed by atoms with E-state index in [1.165, 1.54) is 77.0 Å². The fourth-order valence-corrected chi connectivity index (χ4v) is 8.84. The molecule has 9 nitrogen and oxygen atoms in total. The van der Waals surface area contributed by atoms with Crippen LogP contribution in [-0.4, -0.2) is 74.9 Å². The maximum Gasteiger partial charge on any atom is 0.472 e. The Kier molecular flexibility index (Phi) is 55.9. The summed E-state index contributed by atoms with van der Waals surface area (Å²) >= 11 is 0. The first-order chi connectivity index (χ1) is 38.5. The Hall–Kier alpha value is -3.85.